The van der Waals surface area contributed by atoms with E-state index in [4.69, 9.17) is 11.5 Å². The van der Waals surface area contributed by atoms with Gasteiger partial charge in [-0.05, 0) is 37.8 Å². The van der Waals surface area contributed by atoms with Crippen molar-refractivity contribution < 1.29 is 9.59 Å². The van der Waals surface area contributed by atoms with Gasteiger partial charge in [-0.25, -0.2) is 0 Å². The van der Waals surface area contributed by atoms with Gasteiger partial charge in [0.2, 0.25) is 5.91 Å². The van der Waals surface area contributed by atoms with E-state index in [0.29, 0.717) is 12.5 Å². The summed E-state index contributed by atoms with van der Waals surface area (Å²) in [6.07, 6.45) is 3.47. The Labute approximate surface area is 123 Å². The molecule has 1 aromatic heterocycles. The molecule has 0 saturated heterocycles. The molecule has 2 rings (SSSR count). The van der Waals surface area contributed by atoms with Crippen molar-refractivity contribution in [3.8, 4) is 0 Å². The Balaban J connectivity index is 0.00000200. The number of nitrogens with two attached hydrogens (primary N) is 2. The third kappa shape index (κ3) is 3.46. The number of carbonyl (C=O) groups is 2. The highest BCUT2D eigenvalue weighted by atomic mass is 35.5. The fourth-order valence-electron chi connectivity index (χ4n) is 2.04. The molecule has 1 atom stereocenters. The zero-order valence-electron chi connectivity index (χ0n) is 11.3. The van der Waals surface area contributed by atoms with Gasteiger partial charge in [0.25, 0.3) is 5.91 Å². The Bertz CT molecular complexity index is 502. The van der Waals surface area contributed by atoms with Gasteiger partial charge in [-0.3, -0.25) is 14.6 Å². The largest absolute Gasteiger partial charge is 0.366 e. The van der Waals surface area contributed by atoms with Crippen molar-refractivity contribution in [3.05, 3.63) is 29.6 Å². The van der Waals surface area contributed by atoms with Gasteiger partial charge in [0.1, 0.15) is 5.69 Å². The maximum atomic E-state index is 12.1. The van der Waals surface area contributed by atoms with Crippen LogP contribution in [0.4, 0.5) is 0 Å². The van der Waals surface area contributed by atoms with Crippen LogP contribution in [0.3, 0.4) is 0 Å². The van der Waals surface area contributed by atoms with Gasteiger partial charge in [0, 0.05) is 12.7 Å². The third-order valence-electron chi connectivity index (χ3n) is 3.58. The second-order valence-corrected chi connectivity index (χ2v) is 5.15. The van der Waals surface area contributed by atoms with Crippen LogP contribution >= 0.6 is 12.4 Å². The monoisotopic (exact) mass is 298 g/mol. The topological polar surface area (TPSA) is 111 Å². The van der Waals surface area contributed by atoms with Crippen LogP contribution in [0.15, 0.2) is 18.3 Å². The van der Waals surface area contributed by atoms with Gasteiger partial charge in [0.15, 0.2) is 0 Å². The first-order chi connectivity index (χ1) is 8.96. The smallest absolute Gasteiger partial charge is 0.270 e. The Hall–Kier alpha value is -1.66. The highest BCUT2D eigenvalue weighted by molar-refractivity contribution is 5.95. The van der Waals surface area contributed by atoms with Crippen molar-refractivity contribution in [2.45, 2.75) is 25.3 Å². The number of rotatable bonds is 5. The van der Waals surface area contributed by atoms with E-state index >= 15 is 0 Å². The zero-order chi connectivity index (χ0) is 14.0. The van der Waals surface area contributed by atoms with Crippen molar-refractivity contribution in [3.63, 3.8) is 0 Å². The molecule has 110 valence electrons. The van der Waals surface area contributed by atoms with Gasteiger partial charge >= 0.3 is 0 Å². The summed E-state index contributed by atoms with van der Waals surface area (Å²) in [5.74, 6) is -0.411. The summed E-state index contributed by atoms with van der Waals surface area (Å²) >= 11 is 0. The molecule has 20 heavy (non-hydrogen) atoms. The molecule has 0 aliphatic heterocycles. The molecule has 7 heteroatoms. The van der Waals surface area contributed by atoms with E-state index in [1.54, 1.807) is 0 Å². The summed E-state index contributed by atoms with van der Waals surface area (Å²) in [5.41, 5.74) is 11.0. The van der Waals surface area contributed by atoms with Gasteiger partial charge in [0.05, 0.1) is 11.1 Å². The van der Waals surface area contributed by atoms with Crippen LogP contribution in [-0.2, 0) is 0 Å². The van der Waals surface area contributed by atoms with Crippen LogP contribution < -0.4 is 16.8 Å². The van der Waals surface area contributed by atoms with Crippen molar-refractivity contribution in [2.75, 3.05) is 6.54 Å². The standard InChI is InChI=1S/C13H18N4O2.ClH/c1-13(7-14,9-3-4-9)17-12(19)10-5-2-8(6-16-10)11(15)18;/h2,5-6,9H,3-4,7,14H2,1H3,(H2,15,18)(H,17,19);1H. The first-order valence-electron chi connectivity index (χ1n) is 6.25. The van der Waals surface area contributed by atoms with Crippen LogP contribution in [0.25, 0.3) is 0 Å². The summed E-state index contributed by atoms with van der Waals surface area (Å²) in [5, 5.41) is 2.93. The molecule has 0 bridgehead atoms. The summed E-state index contributed by atoms with van der Waals surface area (Å²) in [7, 11) is 0. The molecule has 1 unspecified atom stereocenters. The average molecular weight is 299 g/mol. The van der Waals surface area contributed by atoms with E-state index in [1.807, 2.05) is 6.92 Å². The first kappa shape index (κ1) is 16.4. The number of nitrogens with zero attached hydrogens (tertiary/aromatic N) is 1. The predicted octanol–water partition coefficient (Wildman–Crippen LogP) is 0.459. The number of hydrogen-bond donors (Lipinski definition) is 3. The van der Waals surface area contributed by atoms with Gasteiger partial charge in [-0.2, -0.15) is 0 Å². The lowest BCUT2D eigenvalue weighted by atomic mass is 9.96. The summed E-state index contributed by atoms with van der Waals surface area (Å²) < 4.78 is 0. The summed E-state index contributed by atoms with van der Waals surface area (Å²) in [4.78, 5) is 27.0. The molecule has 1 heterocycles. The maximum Gasteiger partial charge on any atom is 0.270 e. The number of carbonyl (C=O) groups excluding carboxylic acids is 2. The van der Waals surface area contributed by atoms with Crippen LogP contribution in [0.5, 0.6) is 0 Å². The Morgan fingerprint density at radius 3 is 2.50 bits per heavy atom. The SMILES string of the molecule is CC(CN)(NC(=O)c1ccc(C(N)=O)cn1)C1CC1.Cl. The molecule has 0 radical (unpaired) electrons. The third-order valence-corrected chi connectivity index (χ3v) is 3.58. The fraction of sp³-hybridized carbons (Fsp3) is 0.462. The summed E-state index contributed by atoms with van der Waals surface area (Å²) in [6.45, 7) is 2.34. The average Bonchev–Trinajstić information content (AvgIpc) is 3.23. The normalized spacial score (nSPS) is 16.7. The minimum atomic E-state index is -0.566. The number of halogens is 1. The highest BCUT2D eigenvalue weighted by Gasteiger charge is 2.41. The fourth-order valence-corrected chi connectivity index (χ4v) is 2.04. The van der Waals surface area contributed by atoms with Crippen molar-refractivity contribution in [1.82, 2.24) is 10.3 Å². The molecule has 1 aliphatic rings. The van der Waals surface area contributed by atoms with E-state index < -0.39 is 5.91 Å². The molecule has 2 amide bonds. The van der Waals surface area contributed by atoms with Crippen molar-refractivity contribution in [1.29, 1.82) is 0 Å². The minimum absolute atomic E-state index is 0. The molecule has 1 saturated carbocycles. The Morgan fingerprint density at radius 2 is 2.10 bits per heavy atom. The van der Waals surface area contributed by atoms with E-state index in [1.165, 1.54) is 18.3 Å². The van der Waals surface area contributed by atoms with Crippen molar-refractivity contribution in [2.24, 2.45) is 17.4 Å². The van der Waals surface area contributed by atoms with E-state index in [0.717, 1.165) is 12.8 Å². The lowest BCUT2D eigenvalue weighted by Crippen LogP contribution is -2.53. The molecule has 0 aromatic carbocycles. The van der Waals surface area contributed by atoms with Crippen LogP contribution in [-0.4, -0.2) is 28.9 Å². The number of aromatic nitrogens is 1. The Morgan fingerprint density at radius 1 is 1.45 bits per heavy atom. The number of nitrogens with one attached hydrogen (secondary N) is 1. The maximum absolute atomic E-state index is 12.1. The van der Waals surface area contributed by atoms with Crippen LogP contribution in [0.2, 0.25) is 0 Å². The first-order valence-corrected chi connectivity index (χ1v) is 6.25. The van der Waals surface area contributed by atoms with E-state index in [-0.39, 0.29) is 35.1 Å². The number of amides is 2. The highest BCUT2D eigenvalue weighted by Crippen LogP contribution is 2.39. The van der Waals surface area contributed by atoms with Gasteiger partial charge in [-0.1, -0.05) is 0 Å². The van der Waals surface area contributed by atoms with E-state index in [2.05, 4.69) is 10.3 Å². The molecule has 5 N–H and O–H groups in total. The molecular formula is C13H19ClN4O2. The number of hydrogen-bond acceptors (Lipinski definition) is 4. The number of primary amides is 1. The molecule has 6 nitrogen and oxygen atoms in total. The second-order valence-electron chi connectivity index (χ2n) is 5.15. The molecule has 1 aliphatic carbocycles. The number of pyridine rings is 1. The molecule has 1 fully saturated rings. The molecule has 0 spiro atoms. The second kappa shape index (κ2) is 6.19. The zero-order valence-corrected chi connectivity index (χ0v) is 12.1. The van der Waals surface area contributed by atoms with Crippen LogP contribution in [0, 0.1) is 5.92 Å². The minimum Gasteiger partial charge on any atom is -0.366 e. The van der Waals surface area contributed by atoms with Gasteiger partial charge < -0.3 is 16.8 Å². The predicted molar refractivity (Wildman–Crippen MR) is 77.7 cm³/mol. The quantitative estimate of drug-likeness (QED) is 0.733. The lowest BCUT2D eigenvalue weighted by Gasteiger charge is -2.29. The van der Waals surface area contributed by atoms with E-state index in [9.17, 15) is 9.59 Å². The molecular weight excluding hydrogens is 280 g/mol. The van der Waals surface area contributed by atoms with Gasteiger partial charge in [-0.15, -0.1) is 12.4 Å². The molecule has 1 aromatic rings. The van der Waals surface area contributed by atoms with Crippen LogP contribution in [0.1, 0.15) is 40.6 Å². The summed E-state index contributed by atoms with van der Waals surface area (Å²) in [6, 6.07) is 2.97. The Kier molecular flexibility index (Phi) is 5.08. The lowest BCUT2D eigenvalue weighted by molar-refractivity contribution is 0.0891. The van der Waals surface area contributed by atoms with Crippen molar-refractivity contribution >= 4 is 24.2 Å².